The number of hydrogen-bond donors (Lipinski definition) is 1. The van der Waals surface area contributed by atoms with Crippen LogP contribution in [-0.2, 0) is 4.74 Å². The molecule has 0 aliphatic heterocycles. The molecule has 3 aromatic rings. The average molecular weight is 372 g/mol. The quantitative estimate of drug-likeness (QED) is 0.685. The molecule has 0 spiro atoms. The van der Waals surface area contributed by atoms with E-state index in [0.717, 1.165) is 0 Å². The molecule has 132 valence electrons. The Morgan fingerprint density at radius 2 is 1.85 bits per heavy atom. The lowest BCUT2D eigenvalue weighted by molar-refractivity contribution is 0.0526. The highest BCUT2D eigenvalue weighted by atomic mass is 35.5. The largest absolute Gasteiger partial charge is 0.462 e. The molecule has 0 saturated heterocycles. The molecule has 0 saturated carbocycles. The number of carbonyl (C=O) groups excluding carboxylic acids is 2. The lowest BCUT2D eigenvalue weighted by Crippen LogP contribution is -2.12. The van der Waals surface area contributed by atoms with E-state index in [1.165, 1.54) is 0 Å². The summed E-state index contributed by atoms with van der Waals surface area (Å²) in [6.07, 6.45) is 0. The Balaban J connectivity index is 1.71. The molecule has 1 heterocycles. The summed E-state index contributed by atoms with van der Waals surface area (Å²) >= 11 is 6.07. The average Bonchev–Trinajstić information content (AvgIpc) is 3.13. The smallest absolute Gasteiger partial charge is 0.338 e. The van der Waals surface area contributed by atoms with Gasteiger partial charge in [-0.15, -0.1) is 10.2 Å². The molecule has 1 amide bonds. The molecular weight excluding hydrogens is 358 g/mol. The summed E-state index contributed by atoms with van der Waals surface area (Å²) in [6.45, 7) is 2.02. The Morgan fingerprint density at radius 1 is 1.12 bits per heavy atom. The van der Waals surface area contributed by atoms with Crippen molar-refractivity contribution in [2.24, 2.45) is 0 Å². The summed E-state index contributed by atoms with van der Waals surface area (Å²) in [5, 5.41) is 10.6. The zero-order chi connectivity index (χ0) is 18.5. The fourth-order valence-corrected chi connectivity index (χ4v) is 2.36. The highest BCUT2D eigenvalue weighted by Gasteiger charge is 2.17. The second-order valence-corrected chi connectivity index (χ2v) is 5.55. The van der Waals surface area contributed by atoms with E-state index in [9.17, 15) is 9.59 Å². The van der Waals surface area contributed by atoms with E-state index in [0.29, 0.717) is 28.4 Å². The number of esters is 1. The number of ether oxygens (including phenoxy) is 1. The van der Waals surface area contributed by atoms with Crippen molar-refractivity contribution in [1.82, 2.24) is 10.2 Å². The van der Waals surface area contributed by atoms with Gasteiger partial charge in [-0.1, -0.05) is 23.7 Å². The third-order valence-electron chi connectivity index (χ3n) is 3.38. The van der Waals surface area contributed by atoms with E-state index in [1.54, 1.807) is 55.5 Å². The molecule has 3 rings (SSSR count). The monoisotopic (exact) mass is 371 g/mol. The minimum Gasteiger partial charge on any atom is -0.462 e. The van der Waals surface area contributed by atoms with E-state index < -0.39 is 11.9 Å². The first-order chi connectivity index (χ1) is 12.6. The van der Waals surface area contributed by atoms with Crippen LogP contribution in [0.4, 0.5) is 5.69 Å². The third kappa shape index (κ3) is 3.89. The normalized spacial score (nSPS) is 10.4. The van der Waals surface area contributed by atoms with Crippen molar-refractivity contribution < 1.29 is 18.7 Å². The molecule has 0 aliphatic carbocycles. The first-order valence-electron chi connectivity index (χ1n) is 7.75. The number of aromatic nitrogens is 2. The number of hydrogen-bond acceptors (Lipinski definition) is 6. The van der Waals surface area contributed by atoms with Crippen molar-refractivity contribution in [2.75, 3.05) is 11.9 Å². The number of rotatable bonds is 5. The number of halogens is 1. The van der Waals surface area contributed by atoms with E-state index >= 15 is 0 Å². The lowest BCUT2D eigenvalue weighted by Gasteiger charge is -2.04. The van der Waals surface area contributed by atoms with Crippen LogP contribution in [0, 0.1) is 0 Å². The predicted octanol–water partition coefficient (Wildman–Crippen LogP) is 3.82. The van der Waals surface area contributed by atoms with Crippen LogP contribution in [0.1, 0.15) is 28.0 Å². The van der Waals surface area contributed by atoms with Crippen LogP contribution in [-0.4, -0.2) is 28.7 Å². The Bertz CT molecular complexity index is 938. The van der Waals surface area contributed by atoms with E-state index in [1.807, 2.05) is 0 Å². The number of amides is 1. The van der Waals surface area contributed by atoms with Crippen LogP contribution in [0.3, 0.4) is 0 Å². The van der Waals surface area contributed by atoms with Crippen LogP contribution in [0.15, 0.2) is 52.9 Å². The topological polar surface area (TPSA) is 94.3 Å². The molecule has 26 heavy (non-hydrogen) atoms. The van der Waals surface area contributed by atoms with Crippen LogP contribution in [0.2, 0.25) is 5.02 Å². The summed E-state index contributed by atoms with van der Waals surface area (Å²) < 4.78 is 10.3. The Morgan fingerprint density at radius 3 is 2.54 bits per heavy atom. The Labute approximate surface area is 153 Å². The molecule has 0 unspecified atom stereocenters. The lowest BCUT2D eigenvalue weighted by atomic mass is 10.2. The molecule has 2 aromatic carbocycles. The Kier molecular flexibility index (Phi) is 5.28. The summed E-state index contributed by atoms with van der Waals surface area (Å²) in [6, 6.07) is 13.2. The van der Waals surface area contributed by atoms with Gasteiger partial charge in [0.05, 0.1) is 22.8 Å². The number of nitrogens with zero attached hydrogens (tertiary/aromatic N) is 2. The molecule has 0 bridgehead atoms. The van der Waals surface area contributed by atoms with Crippen LogP contribution in [0.5, 0.6) is 0 Å². The van der Waals surface area contributed by atoms with Gasteiger partial charge in [0.2, 0.25) is 5.89 Å². The molecular formula is C18H14ClN3O4. The fraction of sp³-hybridized carbons (Fsp3) is 0.111. The predicted molar refractivity (Wildman–Crippen MR) is 95.1 cm³/mol. The standard InChI is InChI=1S/C18H14ClN3O4/c1-2-25-18(24)11-7-9-12(10-8-11)20-15(23)17-22-21-16(26-17)13-5-3-4-6-14(13)19/h3-10H,2H2,1H3,(H,20,23). The minimum atomic E-state index is -0.570. The van der Waals surface area contributed by atoms with Crippen LogP contribution < -0.4 is 5.32 Å². The number of benzene rings is 2. The second-order valence-electron chi connectivity index (χ2n) is 5.14. The summed E-state index contributed by atoms with van der Waals surface area (Å²) in [7, 11) is 0. The molecule has 0 radical (unpaired) electrons. The van der Waals surface area contributed by atoms with Crippen molar-refractivity contribution in [3.8, 4) is 11.5 Å². The van der Waals surface area contributed by atoms with Crippen LogP contribution in [0.25, 0.3) is 11.5 Å². The highest BCUT2D eigenvalue weighted by molar-refractivity contribution is 6.33. The van der Waals surface area contributed by atoms with Gasteiger partial charge >= 0.3 is 17.8 Å². The maximum atomic E-state index is 12.2. The van der Waals surface area contributed by atoms with Crippen molar-refractivity contribution in [2.45, 2.75) is 6.92 Å². The third-order valence-corrected chi connectivity index (χ3v) is 3.71. The molecule has 0 aliphatic rings. The first kappa shape index (κ1) is 17.6. The van der Waals surface area contributed by atoms with E-state index in [-0.39, 0.29) is 11.8 Å². The zero-order valence-corrected chi connectivity index (χ0v) is 14.5. The molecule has 1 aromatic heterocycles. The summed E-state index contributed by atoms with van der Waals surface area (Å²) in [4.78, 5) is 23.8. The minimum absolute atomic E-state index is 0.151. The molecule has 0 atom stereocenters. The molecule has 1 N–H and O–H groups in total. The van der Waals surface area contributed by atoms with Gasteiger partial charge in [-0.3, -0.25) is 4.79 Å². The van der Waals surface area contributed by atoms with Gasteiger partial charge in [-0.05, 0) is 43.3 Å². The van der Waals surface area contributed by atoms with Gasteiger partial charge in [0.1, 0.15) is 0 Å². The molecule has 0 fully saturated rings. The van der Waals surface area contributed by atoms with Gasteiger partial charge in [0, 0.05) is 5.69 Å². The van der Waals surface area contributed by atoms with Gasteiger partial charge in [0.15, 0.2) is 0 Å². The highest BCUT2D eigenvalue weighted by Crippen LogP contribution is 2.26. The van der Waals surface area contributed by atoms with Gasteiger partial charge in [0.25, 0.3) is 0 Å². The van der Waals surface area contributed by atoms with E-state index in [4.69, 9.17) is 20.8 Å². The summed E-state index contributed by atoms with van der Waals surface area (Å²) in [5.74, 6) is -1.04. The van der Waals surface area contributed by atoms with Crippen molar-refractivity contribution in [3.63, 3.8) is 0 Å². The first-order valence-corrected chi connectivity index (χ1v) is 8.13. The van der Waals surface area contributed by atoms with Crippen molar-refractivity contribution >= 4 is 29.2 Å². The zero-order valence-electron chi connectivity index (χ0n) is 13.7. The maximum Gasteiger partial charge on any atom is 0.338 e. The number of anilines is 1. The molecule has 8 heteroatoms. The molecule has 7 nitrogen and oxygen atoms in total. The van der Waals surface area contributed by atoms with Gasteiger partial charge in [-0.2, -0.15) is 0 Å². The maximum absolute atomic E-state index is 12.2. The van der Waals surface area contributed by atoms with Crippen molar-refractivity contribution in [3.05, 3.63) is 65.0 Å². The second kappa shape index (κ2) is 7.79. The SMILES string of the molecule is CCOC(=O)c1ccc(NC(=O)c2nnc(-c3ccccc3Cl)o2)cc1. The van der Waals surface area contributed by atoms with E-state index in [2.05, 4.69) is 15.5 Å². The summed E-state index contributed by atoms with van der Waals surface area (Å²) in [5.41, 5.74) is 1.41. The number of carbonyl (C=O) groups is 2. The Hall–Kier alpha value is -3.19. The number of nitrogens with one attached hydrogen (secondary N) is 1. The van der Waals surface area contributed by atoms with Gasteiger partial charge in [-0.25, -0.2) is 4.79 Å². The van der Waals surface area contributed by atoms with Crippen molar-refractivity contribution in [1.29, 1.82) is 0 Å². The van der Waals surface area contributed by atoms with Gasteiger partial charge < -0.3 is 14.5 Å². The van der Waals surface area contributed by atoms with Crippen LogP contribution >= 0.6 is 11.6 Å². The fourth-order valence-electron chi connectivity index (χ4n) is 2.15.